The number of nitrogens with one attached hydrogen (secondary N) is 1. The van der Waals surface area contributed by atoms with Gasteiger partial charge in [-0.25, -0.2) is 9.37 Å². The Labute approximate surface area is 151 Å². The van der Waals surface area contributed by atoms with Gasteiger partial charge >= 0.3 is 0 Å². The molecule has 26 heavy (non-hydrogen) atoms. The lowest BCUT2D eigenvalue weighted by molar-refractivity contribution is -0.131. The van der Waals surface area contributed by atoms with Gasteiger partial charge in [0.05, 0.1) is 12.3 Å². The second-order valence-corrected chi connectivity index (χ2v) is 5.88. The van der Waals surface area contributed by atoms with Gasteiger partial charge in [-0.1, -0.05) is 30.3 Å². The lowest BCUT2D eigenvalue weighted by Gasteiger charge is -2.12. The van der Waals surface area contributed by atoms with E-state index in [0.717, 1.165) is 12.0 Å². The normalized spacial score (nSPS) is 15.9. The molecule has 0 spiro atoms. The molecule has 2 heterocycles. The van der Waals surface area contributed by atoms with Crippen LogP contribution in [0.1, 0.15) is 30.9 Å². The van der Waals surface area contributed by atoms with Crippen molar-refractivity contribution in [3.05, 3.63) is 59.5 Å². The molecule has 1 amide bonds. The predicted molar refractivity (Wildman–Crippen MR) is 94.3 cm³/mol. The van der Waals surface area contributed by atoms with Crippen LogP contribution in [0.3, 0.4) is 0 Å². The maximum Gasteiger partial charge on any atom is 0.264 e. The summed E-state index contributed by atoms with van der Waals surface area (Å²) in [7, 11) is 0. The van der Waals surface area contributed by atoms with E-state index in [1.165, 1.54) is 12.1 Å². The van der Waals surface area contributed by atoms with Crippen molar-refractivity contribution in [1.29, 1.82) is 0 Å². The smallest absolute Gasteiger partial charge is 0.264 e. The van der Waals surface area contributed by atoms with Gasteiger partial charge in [0.25, 0.3) is 5.91 Å². The highest BCUT2D eigenvalue weighted by atomic mass is 19.1. The Bertz CT molecular complexity index is 810. The predicted octanol–water partition coefficient (Wildman–Crippen LogP) is 2.82. The standard InChI is InChI=1S/C19H20FN3O3/c1-2-9-25-19-14(6-4-8-21-19)12-22-18(24)17-11-16(23-26-17)13-5-3-7-15(20)10-13/h3-8,10,17H,2,9,11-12H2,1H3,(H,22,24). The van der Waals surface area contributed by atoms with Crippen LogP contribution < -0.4 is 10.1 Å². The second kappa shape index (κ2) is 8.42. The number of benzene rings is 1. The van der Waals surface area contributed by atoms with Crippen LogP contribution in [-0.2, 0) is 16.2 Å². The number of oxime groups is 1. The fraction of sp³-hybridized carbons (Fsp3) is 0.316. The monoisotopic (exact) mass is 357 g/mol. The number of carbonyl (C=O) groups excluding carboxylic acids is 1. The molecule has 7 heteroatoms. The first-order chi connectivity index (χ1) is 12.7. The number of carbonyl (C=O) groups is 1. The third-order valence-electron chi connectivity index (χ3n) is 3.87. The van der Waals surface area contributed by atoms with Crippen LogP contribution in [0.5, 0.6) is 5.88 Å². The Hall–Kier alpha value is -2.96. The molecule has 3 rings (SSSR count). The number of pyridine rings is 1. The van der Waals surface area contributed by atoms with Gasteiger partial charge in [0.1, 0.15) is 5.82 Å². The molecule has 0 saturated heterocycles. The minimum atomic E-state index is -0.732. The van der Waals surface area contributed by atoms with E-state index in [4.69, 9.17) is 9.57 Å². The quantitative estimate of drug-likeness (QED) is 0.827. The van der Waals surface area contributed by atoms with E-state index in [9.17, 15) is 9.18 Å². The van der Waals surface area contributed by atoms with Crippen LogP contribution in [0.15, 0.2) is 47.8 Å². The summed E-state index contributed by atoms with van der Waals surface area (Å²) in [4.78, 5) is 21.7. The highest BCUT2D eigenvalue weighted by Gasteiger charge is 2.29. The van der Waals surface area contributed by atoms with E-state index in [1.54, 1.807) is 24.4 Å². The van der Waals surface area contributed by atoms with Crippen molar-refractivity contribution < 1.29 is 18.8 Å². The van der Waals surface area contributed by atoms with Gasteiger partial charge in [-0.15, -0.1) is 0 Å². The minimum Gasteiger partial charge on any atom is -0.477 e. The van der Waals surface area contributed by atoms with Gasteiger partial charge in [-0.05, 0) is 24.6 Å². The molecule has 1 aliphatic rings. The van der Waals surface area contributed by atoms with Crippen LogP contribution in [-0.4, -0.2) is 29.3 Å². The molecule has 0 bridgehead atoms. The van der Waals surface area contributed by atoms with E-state index in [-0.39, 0.29) is 18.3 Å². The van der Waals surface area contributed by atoms with Gasteiger partial charge in [0.15, 0.2) is 0 Å². The zero-order valence-electron chi connectivity index (χ0n) is 14.4. The summed E-state index contributed by atoms with van der Waals surface area (Å²) in [6, 6.07) is 9.70. The maximum atomic E-state index is 13.3. The van der Waals surface area contributed by atoms with Crippen molar-refractivity contribution in [2.75, 3.05) is 6.61 Å². The Morgan fingerprint density at radius 2 is 2.27 bits per heavy atom. The first kappa shape index (κ1) is 17.8. The largest absolute Gasteiger partial charge is 0.477 e. The van der Waals surface area contributed by atoms with Crippen LogP contribution in [0.2, 0.25) is 0 Å². The molecule has 1 aliphatic heterocycles. The van der Waals surface area contributed by atoms with E-state index in [2.05, 4.69) is 15.5 Å². The minimum absolute atomic E-state index is 0.279. The van der Waals surface area contributed by atoms with Crippen LogP contribution >= 0.6 is 0 Å². The Morgan fingerprint density at radius 1 is 1.38 bits per heavy atom. The summed E-state index contributed by atoms with van der Waals surface area (Å²) in [6.07, 6.45) is 2.08. The molecule has 0 saturated carbocycles. The number of hydrogen-bond donors (Lipinski definition) is 1. The molecule has 0 aliphatic carbocycles. The van der Waals surface area contributed by atoms with Crippen molar-refractivity contribution in [1.82, 2.24) is 10.3 Å². The van der Waals surface area contributed by atoms with Crippen molar-refractivity contribution >= 4 is 11.6 Å². The van der Waals surface area contributed by atoms with Gasteiger partial charge in [0, 0.05) is 30.3 Å². The highest BCUT2D eigenvalue weighted by molar-refractivity contribution is 6.04. The number of halogens is 1. The SMILES string of the molecule is CCCOc1ncccc1CNC(=O)C1CC(c2cccc(F)c2)=NO1. The Balaban J connectivity index is 1.56. The molecule has 2 aromatic rings. The van der Waals surface area contributed by atoms with Gasteiger partial charge in [-0.2, -0.15) is 0 Å². The van der Waals surface area contributed by atoms with Crippen molar-refractivity contribution in [2.45, 2.75) is 32.4 Å². The molecule has 1 aromatic heterocycles. The number of ether oxygens (including phenoxy) is 1. The van der Waals surface area contributed by atoms with Crippen molar-refractivity contribution in [3.8, 4) is 5.88 Å². The average molecular weight is 357 g/mol. The summed E-state index contributed by atoms with van der Waals surface area (Å²) < 4.78 is 18.9. The third-order valence-corrected chi connectivity index (χ3v) is 3.87. The molecule has 1 unspecified atom stereocenters. The lowest BCUT2D eigenvalue weighted by atomic mass is 10.0. The zero-order valence-corrected chi connectivity index (χ0v) is 14.4. The van der Waals surface area contributed by atoms with E-state index in [1.807, 2.05) is 13.0 Å². The van der Waals surface area contributed by atoms with Crippen LogP contribution in [0.25, 0.3) is 0 Å². The Morgan fingerprint density at radius 3 is 3.08 bits per heavy atom. The number of hydrogen-bond acceptors (Lipinski definition) is 5. The Kier molecular flexibility index (Phi) is 5.78. The number of amides is 1. The van der Waals surface area contributed by atoms with Crippen molar-refractivity contribution in [2.24, 2.45) is 5.16 Å². The lowest BCUT2D eigenvalue weighted by Crippen LogP contribution is -2.34. The molecule has 0 radical (unpaired) electrons. The number of rotatable bonds is 7. The number of aromatic nitrogens is 1. The molecule has 1 atom stereocenters. The van der Waals surface area contributed by atoms with Gasteiger partial charge in [-0.3, -0.25) is 4.79 Å². The molecule has 136 valence electrons. The zero-order chi connectivity index (χ0) is 18.4. The maximum absolute atomic E-state index is 13.3. The van der Waals surface area contributed by atoms with Crippen LogP contribution in [0.4, 0.5) is 4.39 Å². The topological polar surface area (TPSA) is 72.8 Å². The number of nitrogens with zero attached hydrogens (tertiary/aromatic N) is 2. The summed E-state index contributed by atoms with van der Waals surface area (Å²) in [5.41, 5.74) is 1.96. The molecule has 0 fully saturated rings. The first-order valence-electron chi connectivity index (χ1n) is 8.50. The third kappa shape index (κ3) is 4.36. The highest BCUT2D eigenvalue weighted by Crippen LogP contribution is 2.18. The summed E-state index contributed by atoms with van der Waals surface area (Å²) >= 11 is 0. The summed E-state index contributed by atoms with van der Waals surface area (Å²) in [6.45, 7) is 2.85. The molecule has 1 aromatic carbocycles. The van der Waals surface area contributed by atoms with Crippen molar-refractivity contribution in [3.63, 3.8) is 0 Å². The fourth-order valence-electron chi connectivity index (χ4n) is 2.54. The first-order valence-corrected chi connectivity index (χ1v) is 8.50. The summed E-state index contributed by atoms with van der Waals surface area (Å²) in [5, 5.41) is 6.72. The van der Waals surface area contributed by atoms with E-state index >= 15 is 0 Å². The fourth-order valence-corrected chi connectivity index (χ4v) is 2.54. The van der Waals surface area contributed by atoms with E-state index < -0.39 is 6.10 Å². The molecular formula is C19H20FN3O3. The average Bonchev–Trinajstić information content (AvgIpc) is 3.15. The summed E-state index contributed by atoms with van der Waals surface area (Å²) in [5.74, 6) is -0.126. The van der Waals surface area contributed by atoms with E-state index in [0.29, 0.717) is 30.2 Å². The molecule has 6 nitrogen and oxygen atoms in total. The van der Waals surface area contributed by atoms with Crippen LogP contribution in [0, 0.1) is 5.82 Å². The molecule has 1 N–H and O–H groups in total. The van der Waals surface area contributed by atoms with Gasteiger partial charge < -0.3 is 14.9 Å². The van der Waals surface area contributed by atoms with Gasteiger partial charge in [0.2, 0.25) is 12.0 Å². The second-order valence-electron chi connectivity index (χ2n) is 5.88. The molecular weight excluding hydrogens is 337 g/mol.